The minimum Gasteiger partial charge on any atom is -0.0995 e. The molecule has 0 aromatic heterocycles. The van der Waals surface area contributed by atoms with E-state index in [0.717, 1.165) is 6.42 Å². The van der Waals surface area contributed by atoms with Crippen molar-refractivity contribution in [2.75, 3.05) is 0 Å². The highest BCUT2D eigenvalue weighted by Gasteiger charge is 2.08. The predicted octanol–water partition coefficient (Wildman–Crippen LogP) is 6.58. The minimum atomic E-state index is 0.552. The number of unbranched alkanes of at least 4 members (excludes halogenated alkanes) is 2. The lowest BCUT2D eigenvalue weighted by atomic mass is 9.89. The van der Waals surface area contributed by atoms with Gasteiger partial charge in [-0.2, -0.15) is 0 Å². The monoisotopic (exact) mass is 272 g/mol. The maximum Gasteiger partial charge on any atom is -0.000399 e. The van der Waals surface area contributed by atoms with E-state index < -0.39 is 0 Å². The molecule has 0 unspecified atom stereocenters. The molecule has 1 aromatic carbocycles. The van der Waals surface area contributed by atoms with Gasteiger partial charge in [0.05, 0.1) is 0 Å². The summed E-state index contributed by atoms with van der Waals surface area (Å²) < 4.78 is 0. The zero-order chi connectivity index (χ0) is 15.4. The second kappa shape index (κ2) is 11.5. The lowest BCUT2D eigenvalue weighted by Crippen LogP contribution is -2.02. The van der Waals surface area contributed by atoms with Gasteiger partial charge in [0.1, 0.15) is 0 Å². The average molecular weight is 272 g/mol. The Kier molecular flexibility index (Phi) is 10.8. The molecule has 20 heavy (non-hydrogen) atoms. The third-order valence-corrected chi connectivity index (χ3v) is 3.54. The van der Waals surface area contributed by atoms with Crippen molar-refractivity contribution in [1.82, 2.24) is 0 Å². The lowest BCUT2D eigenvalue weighted by molar-refractivity contribution is 0.574. The molecular formula is C20H32. The fraction of sp³-hybridized carbons (Fsp3) is 0.500. The van der Waals surface area contributed by atoms with Crippen LogP contribution >= 0.6 is 0 Å². The Morgan fingerprint density at radius 3 is 1.85 bits per heavy atom. The molecular weight excluding hydrogens is 240 g/mol. The van der Waals surface area contributed by atoms with E-state index in [-0.39, 0.29) is 0 Å². The molecule has 0 aliphatic carbocycles. The second-order valence-corrected chi connectivity index (χ2v) is 5.58. The Labute approximate surface area is 126 Å². The van der Waals surface area contributed by atoms with Crippen molar-refractivity contribution >= 4 is 0 Å². The van der Waals surface area contributed by atoms with Gasteiger partial charge < -0.3 is 0 Å². The Morgan fingerprint density at radius 2 is 1.50 bits per heavy atom. The smallest absolute Gasteiger partial charge is 0.000399 e. The van der Waals surface area contributed by atoms with E-state index in [0.29, 0.717) is 5.92 Å². The number of rotatable bonds is 7. The quantitative estimate of drug-likeness (QED) is 0.388. The van der Waals surface area contributed by atoms with E-state index in [4.69, 9.17) is 0 Å². The topological polar surface area (TPSA) is 0 Å². The maximum atomic E-state index is 3.99. The van der Waals surface area contributed by atoms with E-state index in [1.807, 2.05) is 6.07 Å². The number of aryl methyl sites for hydroxylation is 1. The summed E-state index contributed by atoms with van der Waals surface area (Å²) in [7, 11) is 0. The van der Waals surface area contributed by atoms with Crippen molar-refractivity contribution in [3.63, 3.8) is 0 Å². The Hall–Kier alpha value is -1.30. The molecule has 0 heterocycles. The fourth-order valence-corrected chi connectivity index (χ4v) is 2.23. The van der Waals surface area contributed by atoms with E-state index in [9.17, 15) is 0 Å². The highest BCUT2D eigenvalue weighted by molar-refractivity contribution is 5.14. The number of benzene rings is 1. The van der Waals surface area contributed by atoms with E-state index in [1.54, 1.807) is 0 Å². The molecule has 0 aliphatic rings. The van der Waals surface area contributed by atoms with Crippen molar-refractivity contribution < 1.29 is 0 Å². The van der Waals surface area contributed by atoms with Crippen molar-refractivity contribution in [2.24, 2.45) is 5.92 Å². The van der Waals surface area contributed by atoms with Gasteiger partial charge in [0, 0.05) is 0 Å². The number of hydrogen-bond acceptors (Lipinski definition) is 0. The first kappa shape index (κ1) is 18.7. The van der Waals surface area contributed by atoms with Crippen molar-refractivity contribution in [2.45, 2.75) is 59.8 Å². The van der Waals surface area contributed by atoms with Crippen LogP contribution in [0.15, 0.2) is 54.6 Å². The Bertz CT molecular complexity index is 358. The molecule has 0 amide bonds. The van der Waals surface area contributed by atoms with E-state index >= 15 is 0 Å². The largest absolute Gasteiger partial charge is 0.0995 e. The zero-order valence-electron chi connectivity index (χ0n) is 13.9. The predicted molar refractivity (Wildman–Crippen MR) is 93.1 cm³/mol. The number of allylic oxidation sites excluding steroid dienone is 2. The van der Waals surface area contributed by atoms with Crippen LogP contribution in [0.1, 0.15) is 58.9 Å². The van der Waals surface area contributed by atoms with Gasteiger partial charge in [-0.25, -0.2) is 0 Å². The first-order chi connectivity index (χ1) is 9.52. The average Bonchev–Trinajstić information content (AvgIpc) is 2.44. The van der Waals surface area contributed by atoms with Crippen LogP contribution in [-0.4, -0.2) is 0 Å². The summed E-state index contributed by atoms with van der Waals surface area (Å²) in [5, 5.41) is 0. The molecule has 0 saturated heterocycles. The van der Waals surface area contributed by atoms with Crippen LogP contribution in [0.3, 0.4) is 0 Å². The van der Waals surface area contributed by atoms with Gasteiger partial charge in [0.25, 0.3) is 0 Å². The third-order valence-electron chi connectivity index (χ3n) is 3.54. The molecule has 0 heteroatoms. The molecule has 0 bridgehead atoms. The Balaban J connectivity index is 0.000000388. The fourth-order valence-electron chi connectivity index (χ4n) is 2.23. The van der Waals surface area contributed by atoms with Crippen LogP contribution in [-0.2, 0) is 6.42 Å². The number of hydrogen-bond donors (Lipinski definition) is 0. The molecule has 0 spiro atoms. The van der Waals surface area contributed by atoms with Gasteiger partial charge in [0.2, 0.25) is 0 Å². The van der Waals surface area contributed by atoms with Gasteiger partial charge in [-0.1, -0.05) is 87.7 Å². The summed E-state index contributed by atoms with van der Waals surface area (Å²) >= 11 is 0. The normalized spacial score (nSPS) is 9.85. The molecule has 0 N–H and O–H groups in total. The molecule has 0 aliphatic heterocycles. The third kappa shape index (κ3) is 8.74. The second-order valence-electron chi connectivity index (χ2n) is 5.58. The van der Waals surface area contributed by atoms with Crippen molar-refractivity contribution in [3.05, 3.63) is 60.2 Å². The summed E-state index contributed by atoms with van der Waals surface area (Å²) in [5.41, 5.74) is 3.93. The van der Waals surface area contributed by atoms with Crippen LogP contribution in [0.2, 0.25) is 0 Å². The molecule has 0 nitrogen and oxygen atoms in total. The summed E-state index contributed by atoms with van der Waals surface area (Å²) in [4.78, 5) is 0. The zero-order valence-corrected chi connectivity index (χ0v) is 13.9. The van der Waals surface area contributed by atoms with Crippen LogP contribution in [0.5, 0.6) is 0 Å². The first-order valence-corrected chi connectivity index (χ1v) is 7.87. The maximum absolute atomic E-state index is 3.99. The molecule has 0 saturated carbocycles. The highest BCUT2D eigenvalue weighted by Crippen LogP contribution is 2.23. The SMILES string of the molecule is C=C(C)C(CCCCC)C(=C)C.CCc1ccccc1. The van der Waals surface area contributed by atoms with Gasteiger partial charge in [0.15, 0.2) is 0 Å². The summed E-state index contributed by atoms with van der Waals surface area (Å²) in [6, 6.07) is 10.5. The molecule has 0 fully saturated rings. The summed E-state index contributed by atoms with van der Waals surface area (Å²) in [6.07, 6.45) is 6.30. The van der Waals surface area contributed by atoms with Gasteiger partial charge in [-0.05, 0) is 38.2 Å². The van der Waals surface area contributed by atoms with Crippen LogP contribution in [0, 0.1) is 5.92 Å². The molecule has 1 aromatic rings. The van der Waals surface area contributed by atoms with Crippen LogP contribution < -0.4 is 0 Å². The first-order valence-electron chi connectivity index (χ1n) is 7.87. The molecule has 1 rings (SSSR count). The van der Waals surface area contributed by atoms with Crippen LogP contribution in [0.4, 0.5) is 0 Å². The molecule has 112 valence electrons. The van der Waals surface area contributed by atoms with Gasteiger partial charge >= 0.3 is 0 Å². The highest BCUT2D eigenvalue weighted by atomic mass is 14.1. The standard InChI is InChI=1S/C12H22.C8H10/c1-6-7-8-9-12(10(2)3)11(4)5;1-2-8-6-4-3-5-7-8/h12H,2,4,6-9H2,1,3,5H3;3-7H,2H2,1H3. The summed E-state index contributed by atoms with van der Waals surface area (Å²) in [6.45, 7) is 16.6. The molecule has 0 atom stereocenters. The minimum absolute atomic E-state index is 0.552. The van der Waals surface area contributed by atoms with Crippen molar-refractivity contribution in [1.29, 1.82) is 0 Å². The van der Waals surface area contributed by atoms with Gasteiger partial charge in [-0.15, -0.1) is 0 Å². The Morgan fingerprint density at radius 1 is 0.950 bits per heavy atom. The molecule has 0 radical (unpaired) electrons. The summed E-state index contributed by atoms with van der Waals surface area (Å²) in [5.74, 6) is 0.552. The van der Waals surface area contributed by atoms with Crippen LogP contribution in [0.25, 0.3) is 0 Å². The van der Waals surface area contributed by atoms with Gasteiger partial charge in [-0.3, -0.25) is 0 Å². The van der Waals surface area contributed by atoms with E-state index in [1.165, 1.54) is 42.4 Å². The van der Waals surface area contributed by atoms with E-state index in [2.05, 4.69) is 65.1 Å². The lowest BCUT2D eigenvalue weighted by Gasteiger charge is -2.16. The van der Waals surface area contributed by atoms with Crippen molar-refractivity contribution in [3.8, 4) is 0 Å².